The fourth-order valence-corrected chi connectivity index (χ4v) is 3.04. The molecule has 1 saturated carbocycles. The lowest BCUT2D eigenvalue weighted by atomic mass is 10.00. The molecule has 0 radical (unpaired) electrons. The second-order valence-electron chi connectivity index (χ2n) is 6.29. The third-order valence-corrected chi connectivity index (χ3v) is 4.35. The van der Waals surface area contributed by atoms with E-state index in [1.807, 2.05) is 11.9 Å². The van der Waals surface area contributed by atoms with E-state index in [9.17, 15) is 10.1 Å². The molecule has 0 heterocycles. The van der Waals surface area contributed by atoms with E-state index in [0.29, 0.717) is 6.54 Å². The largest absolute Gasteiger partial charge is 0.337 e. The number of carbonyl (C=O) groups is 1. The summed E-state index contributed by atoms with van der Waals surface area (Å²) in [6.07, 6.45) is 4.63. The zero-order valence-corrected chi connectivity index (χ0v) is 13.6. The number of amides is 1. The van der Waals surface area contributed by atoms with Crippen molar-refractivity contribution in [2.75, 3.05) is 13.6 Å². The first kappa shape index (κ1) is 16.5. The number of likely N-dealkylation sites (N-methyl/N-ethyl adjacent to an activating group) is 1. The SMILES string of the molecule is CCc1ccc(CN(C)CC(=O)NC2(C#N)CCCC2)cc1. The molecule has 0 atom stereocenters. The summed E-state index contributed by atoms with van der Waals surface area (Å²) in [5.74, 6) is -0.0591. The first-order valence-corrected chi connectivity index (χ1v) is 8.05. The summed E-state index contributed by atoms with van der Waals surface area (Å²) in [4.78, 5) is 14.1. The molecule has 1 aromatic carbocycles. The smallest absolute Gasteiger partial charge is 0.235 e. The Morgan fingerprint density at radius 1 is 1.27 bits per heavy atom. The molecule has 0 aromatic heterocycles. The van der Waals surface area contributed by atoms with E-state index in [0.717, 1.165) is 38.6 Å². The molecule has 1 aliphatic rings. The predicted molar refractivity (Wildman–Crippen MR) is 87.1 cm³/mol. The van der Waals surface area contributed by atoms with Gasteiger partial charge in [0.05, 0.1) is 12.6 Å². The highest BCUT2D eigenvalue weighted by Crippen LogP contribution is 2.28. The van der Waals surface area contributed by atoms with Gasteiger partial charge in [-0.1, -0.05) is 31.2 Å². The van der Waals surface area contributed by atoms with E-state index in [1.54, 1.807) is 0 Å². The van der Waals surface area contributed by atoms with Gasteiger partial charge >= 0.3 is 0 Å². The molecule has 0 unspecified atom stereocenters. The zero-order chi connectivity index (χ0) is 16.0. The van der Waals surface area contributed by atoms with Gasteiger partial charge < -0.3 is 5.32 Å². The Kier molecular flexibility index (Phi) is 5.57. The van der Waals surface area contributed by atoms with Gasteiger partial charge in [-0.2, -0.15) is 5.26 Å². The van der Waals surface area contributed by atoms with Crippen LogP contribution in [0, 0.1) is 11.3 Å². The summed E-state index contributed by atoms with van der Waals surface area (Å²) in [6, 6.07) is 10.8. The molecular formula is C18H25N3O. The first-order chi connectivity index (χ1) is 10.6. The predicted octanol–water partition coefficient (Wildman–Crippen LogP) is 2.63. The summed E-state index contributed by atoms with van der Waals surface area (Å²) in [6.45, 7) is 3.19. The van der Waals surface area contributed by atoms with Crippen LogP contribution in [0.3, 0.4) is 0 Å². The minimum atomic E-state index is -0.624. The lowest BCUT2D eigenvalue weighted by molar-refractivity contribution is -0.123. The van der Waals surface area contributed by atoms with Gasteiger partial charge in [0.25, 0.3) is 0 Å². The summed E-state index contributed by atoms with van der Waals surface area (Å²) >= 11 is 0. The number of aryl methyl sites for hydroxylation is 1. The van der Waals surface area contributed by atoms with Crippen LogP contribution >= 0.6 is 0 Å². The molecule has 4 heteroatoms. The highest BCUT2D eigenvalue weighted by molar-refractivity contribution is 5.79. The van der Waals surface area contributed by atoms with E-state index in [2.05, 4.69) is 42.6 Å². The molecule has 0 spiro atoms. The highest BCUT2D eigenvalue weighted by Gasteiger charge is 2.35. The normalized spacial score (nSPS) is 16.5. The first-order valence-electron chi connectivity index (χ1n) is 8.05. The Labute approximate surface area is 133 Å². The number of nitriles is 1. The Hall–Kier alpha value is -1.86. The fourth-order valence-electron chi connectivity index (χ4n) is 3.04. The van der Waals surface area contributed by atoms with E-state index < -0.39 is 5.54 Å². The van der Waals surface area contributed by atoms with Crippen LogP contribution in [-0.2, 0) is 17.8 Å². The molecule has 1 aromatic rings. The Balaban J connectivity index is 1.84. The summed E-state index contributed by atoms with van der Waals surface area (Å²) in [7, 11) is 1.93. The van der Waals surface area contributed by atoms with Gasteiger partial charge in [-0.15, -0.1) is 0 Å². The maximum absolute atomic E-state index is 12.2. The molecule has 1 fully saturated rings. The van der Waals surface area contributed by atoms with Crippen molar-refractivity contribution in [2.24, 2.45) is 0 Å². The standard InChI is InChI=1S/C18H25N3O/c1-3-15-6-8-16(9-7-15)12-21(2)13-17(22)20-18(14-19)10-4-5-11-18/h6-9H,3-5,10-13H2,1-2H3,(H,20,22). The second-order valence-corrected chi connectivity index (χ2v) is 6.29. The van der Waals surface area contributed by atoms with Crippen LogP contribution in [0.1, 0.15) is 43.7 Å². The average Bonchev–Trinajstić information content (AvgIpc) is 2.96. The molecule has 1 aliphatic carbocycles. The lowest BCUT2D eigenvalue weighted by Gasteiger charge is -2.24. The molecule has 0 aliphatic heterocycles. The van der Waals surface area contributed by atoms with Crippen molar-refractivity contribution >= 4 is 5.91 Å². The van der Waals surface area contributed by atoms with Gasteiger partial charge in [0, 0.05) is 6.54 Å². The van der Waals surface area contributed by atoms with Gasteiger partial charge in [0.15, 0.2) is 0 Å². The van der Waals surface area contributed by atoms with Gasteiger partial charge in [0.1, 0.15) is 5.54 Å². The van der Waals surface area contributed by atoms with E-state index >= 15 is 0 Å². The molecule has 0 bridgehead atoms. The van der Waals surface area contributed by atoms with Gasteiger partial charge in [-0.05, 0) is 50.3 Å². The van der Waals surface area contributed by atoms with Crippen molar-refractivity contribution in [3.8, 4) is 6.07 Å². The molecule has 22 heavy (non-hydrogen) atoms. The second kappa shape index (κ2) is 7.42. The number of benzene rings is 1. The van der Waals surface area contributed by atoms with Crippen LogP contribution in [0.4, 0.5) is 0 Å². The van der Waals surface area contributed by atoms with Crippen molar-refractivity contribution in [3.63, 3.8) is 0 Å². The molecule has 0 saturated heterocycles. The topological polar surface area (TPSA) is 56.1 Å². The van der Waals surface area contributed by atoms with Crippen LogP contribution in [0.25, 0.3) is 0 Å². The number of nitrogens with one attached hydrogen (secondary N) is 1. The zero-order valence-electron chi connectivity index (χ0n) is 13.6. The van der Waals surface area contributed by atoms with Gasteiger partial charge in [0.2, 0.25) is 5.91 Å². The summed E-state index contributed by atoms with van der Waals surface area (Å²) < 4.78 is 0. The van der Waals surface area contributed by atoms with Gasteiger partial charge in [-0.3, -0.25) is 9.69 Å². The summed E-state index contributed by atoms with van der Waals surface area (Å²) in [5, 5.41) is 12.2. The monoisotopic (exact) mass is 299 g/mol. The molecule has 4 nitrogen and oxygen atoms in total. The third kappa shape index (κ3) is 4.32. The van der Waals surface area contributed by atoms with E-state index in [-0.39, 0.29) is 5.91 Å². The van der Waals surface area contributed by atoms with Crippen molar-refractivity contribution in [2.45, 2.75) is 51.1 Å². The number of hydrogen-bond donors (Lipinski definition) is 1. The minimum Gasteiger partial charge on any atom is -0.337 e. The average molecular weight is 299 g/mol. The third-order valence-electron chi connectivity index (χ3n) is 4.35. The van der Waals surface area contributed by atoms with E-state index in [4.69, 9.17) is 0 Å². The Morgan fingerprint density at radius 2 is 1.86 bits per heavy atom. The molecule has 118 valence electrons. The van der Waals surface area contributed by atoms with Crippen molar-refractivity contribution in [3.05, 3.63) is 35.4 Å². The van der Waals surface area contributed by atoms with Crippen molar-refractivity contribution in [1.29, 1.82) is 5.26 Å². The van der Waals surface area contributed by atoms with Crippen LogP contribution < -0.4 is 5.32 Å². The molecule has 1 amide bonds. The molecule has 2 rings (SSSR count). The number of rotatable bonds is 6. The Bertz CT molecular complexity index is 538. The van der Waals surface area contributed by atoms with Crippen LogP contribution in [0.2, 0.25) is 0 Å². The molecule has 1 N–H and O–H groups in total. The van der Waals surface area contributed by atoms with Crippen LogP contribution in [-0.4, -0.2) is 29.9 Å². The number of nitrogens with zero attached hydrogens (tertiary/aromatic N) is 2. The maximum atomic E-state index is 12.2. The van der Waals surface area contributed by atoms with Crippen LogP contribution in [0.5, 0.6) is 0 Å². The highest BCUT2D eigenvalue weighted by atomic mass is 16.2. The number of carbonyl (C=O) groups excluding carboxylic acids is 1. The van der Waals surface area contributed by atoms with Crippen LogP contribution in [0.15, 0.2) is 24.3 Å². The summed E-state index contributed by atoms with van der Waals surface area (Å²) in [5.41, 5.74) is 1.89. The molecular weight excluding hydrogens is 274 g/mol. The van der Waals surface area contributed by atoms with E-state index in [1.165, 1.54) is 11.1 Å². The lowest BCUT2D eigenvalue weighted by Crippen LogP contribution is -2.48. The Morgan fingerprint density at radius 3 is 2.41 bits per heavy atom. The quantitative estimate of drug-likeness (QED) is 0.878. The minimum absolute atomic E-state index is 0.0591. The number of hydrogen-bond acceptors (Lipinski definition) is 3. The van der Waals surface area contributed by atoms with Gasteiger partial charge in [-0.25, -0.2) is 0 Å². The van der Waals surface area contributed by atoms with Crippen molar-refractivity contribution in [1.82, 2.24) is 10.2 Å². The van der Waals surface area contributed by atoms with Crippen molar-refractivity contribution < 1.29 is 4.79 Å². The fraction of sp³-hybridized carbons (Fsp3) is 0.556. The maximum Gasteiger partial charge on any atom is 0.235 e.